The van der Waals surface area contributed by atoms with Crippen molar-refractivity contribution < 1.29 is 14.3 Å². The highest BCUT2D eigenvalue weighted by Gasteiger charge is 2.15. The zero-order valence-electron chi connectivity index (χ0n) is 6.35. The topological polar surface area (TPSA) is 37.3 Å². The summed E-state index contributed by atoms with van der Waals surface area (Å²) >= 11 is 6.21. The third-order valence-corrected chi connectivity index (χ3v) is 2.85. The zero-order valence-corrected chi connectivity index (χ0v) is 9.52. The molecule has 0 fully saturated rings. The van der Waals surface area contributed by atoms with Crippen LogP contribution in [-0.2, 0) is 5.33 Å². The Morgan fingerprint density at radius 2 is 2.15 bits per heavy atom. The van der Waals surface area contributed by atoms with Crippen molar-refractivity contribution >= 4 is 37.8 Å². The second kappa shape index (κ2) is 4.19. The molecule has 0 aliphatic heterocycles. The molecule has 1 rings (SSSR count). The van der Waals surface area contributed by atoms with Crippen molar-refractivity contribution in [3.05, 3.63) is 33.5 Å². The van der Waals surface area contributed by atoms with Crippen LogP contribution < -0.4 is 0 Å². The van der Waals surface area contributed by atoms with E-state index in [4.69, 9.17) is 5.11 Å². The van der Waals surface area contributed by atoms with Crippen LogP contribution in [0.2, 0.25) is 0 Å². The second-order valence-electron chi connectivity index (χ2n) is 2.33. The molecular weight excluding hydrogens is 307 g/mol. The molecular formula is C8H5Br2FO2. The lowest BCUT2D eigenvalue weighted by Crippen LogP contribution is -2.03. The molecule has 0 spiro atoms. The maximum atomic E-state index is 13.3. The molecule has 0 aromatic heterocycles. The van der Waals surface area contributed by atoms with E-state index in [0.717, 1.165) is 0 Å². The van der Waals surface area contributed by atoms with Crippen LogP contribution in [0.1, 0.15) is 15.9 Å². The molecule has 0 unspecified atom stereocenters. The smallest absolute Gasteiger partial charge is 0.338 e. The highest BCUT2D eigenvalue weighted by molar-refractivity contribution is 9.10. The van der Waals surface area contributed by atoms with Crippen molar-refractivity contribution in [1.29, 1.82) is 0 Å². The first kappa shape index (κ1) is 10.7. The number of rotatable bonds is 2. The zero-order chi connectivity index (χ0) is 10.0. The summed E-state index contributed by atoms with van der Waals surface area (Å²) in [5, 5.41) is 8.88. The molecule has 0 atom stereocenters. The van der Waals surface area contributed by atoms with Crippen LogP contribution in [-0.4, -0.2) is 11.1 Å². The number of carbonyl (C=O) groups is 1. The van der Waals surface area contributed by atoms with Crippen molar-refractivity contribution in [2.45, 2.75) is 5.33 Å². The third-order valence-electron chi connectivity index (χ3n) is 1.55. The number of carboxylic acid groups (broad SMARTS) is 1. The Morgan fingerprint density at radius 3 is 2.62 bits per heavy atom. The van der Waals surface area contributed by atoms with Gasteiger partial charge in [0.15, 0.2) is 0 Å². The van der Waals surface area contributed by atoms with Crippen LogP contribution in [0.3, 0.4) is 0 Å². The molecule has 0 saturated heterocycles. The lowest BCUT2D eigenvalue weighted by atomic mass is 10.1. The Hall–Kier alpha value is -0.420. The fourth-order valence-corrected chi connectivity index (χ4v) is 2.26. The van der Waals surface area contributed by atoms with E-state index in [1.54, 1.807) is 0 Å². The predicted molar refractivity (Wildman–Crippen MR) is 53.7 cm³/mol. The van der Waals surface area contributed by atoms with E-state index in [1.165, 1.54) is 12.1 Å². The van der Waals surface area contributed by atoms with Crippen molar-refractivity contribution in [3.63, 3.8) is 0 Å². The van der Waals surface area contributed by atoms with Crippen LogP contribution in [0, 0.1) is 5.82 Å². The first-order valence-corrected chi connectivity index (χ1v) is 5.25. The highest BCUT2D eigenvalue weighted by atomic mass is 79.9. The van der Waals surface area contributed by atoms with Gasteiger partial charge in [0.25, 0.3) is 0 Å². The van der Waals surface area contributed by atoms with Gasteiger partial charge >= 0.3 is 5.97 Å². The maximum absolute atomic E-state index is 13.3. The van der Waals surface area contributed by atoms with Gasteiger partial charge in [-0.2, -0.15) is 0 Å². The van der Waals surface area contributed by atoms with Gasteiger partial charge in [-0.15, -0.1) is 0 Å². The van der Waals surface area contributed by atoms with Crippen LogP contribution in [0.15, 0.2) is 16.6 Å². The molecule has 2 nitrogen and oxygen atoms in total. The Morgan fingerprint density at radius 1 is 1.54 bits per heavy atom. The highest BCUT2D eigenvalue weighted by Crippen LogP contribution is 2.24. The molecule has 70 valence electrons. The number of benzene rings is 1. The SMILES string of the molecule is O=C(O)c1ccc(Br)c(CBr)c1F. The fraction of sp³-hybridized carbons (Fsp3) is 0.125. The minimum absolute atomic E-state index is 0.278. The first-order chi connectivity index (χ1) is 6.07. The van der Waals surface area contributed by atoms with Crippen molar-refractivity contribution in [1.82, 2.24) is 0 Å². The monoisotopic (exact) mass is 310 g/mol. The molecule has 5 heteroatoms. The molecule has 0 bridgehead atoms. The molecule has 1 aromatic carbocycles. The lowest BCUT2D eigenvalue weighted by molar-refractivity contribution is 0.0691. The fourth-order valence-electron chi connectivity index (χ4n) is 0.885. The van der Waals surface area contributed by atoms with Gasteiger partial charge in [0.1, 0.15) is 5.82 Å². The summed E-state index contributed by atoms with van der Waals surface area (Å²) in [4.78, 5) is 10.5. The number of hydrogen-bond acceptors (Lipinski definition) is 1. The molecule has 1 N–H and O–H groups in total. The minimum atomic E-state index is -1.26. The van der Waals surface area contributed by atoms with Crippen LogP contribution in [0.25, 0.3) is 0 Å². The number of alkyl halides is 1. The molecule has 0 amide bonds. The summed E-state index contributed by atoms with van der Waals surface area (Å²) in [6.07, 6.45) is 0. The number of hydrogen-bond donors (Lipinski definition) is 1. The standard InChI is InChI=1S/C8H5Br2FO2/c9-3-5-6(10)2-1-4(7(5)11)8(12)13/h1-2H,3H2,(H,12,13). The van der Waals surface area contributed by atoms with E-state index in [1.807, 2.05) is 0 Å². The van der Waals surface area contributed by atoms with E-state index in [0.29, 0.717) is 10.0 Å². The molecule has 0 aliphatic carbocycles. The van der Waals surface area contributed by atoms with Crippen LogP contribution in [0.5, 0.6) is 0 Å². The Labute approximate surface area is 91.0 Å². The largest absolute Gasteiger partial charge is 0.478 e. The third kappa shape index (κ3) is 2.08. The summed E-state index contributed by atoms with van der Waals surface area (Å²) in [6, 6.07) is 2.75. The molecule has 0 saturated carbocycles. The van der Waals surface area contributed by atoms with E-state index < -0.39 is 11.8 Å². The summed E-state index contributed by atoms with van der Waals surface area (Å²) in [5.74, 6) is -1.95. The van der Waals surface area contributed by atoms with Gasteiger partial charge in [-0.05, 0) is 12.1 Å². The normalized spacial score (nSPS) is 10.1. The maximum Gasteiger partial charge on any atom is 0.338 e. The average Bonchev–Trinajstić information content (AvgIpc) is 2.04. The first-order valence-electron chi connectivity index (χ1n) is 3.34. The summed E-state index contributed by atoms with van der Waals surface area (Å²) in [6.45, 7) is 0. The van der Waals surface area contributed by atoms with Gasteiger partial charge in [0.2, 0.25) is 0 Å². The Bertz CT molecular complexity index is 352. The number of halogens is 3. The van der Waals surface area contributed by atoms with Crippen molar-refractivity contribution in [2.24, 2.45) is 0 Å². The van der Waals surface area contributed by atoms with Gasteiger partial charge < -0.3 is 5.11 Å². The van der Waals surface area contributed by atoms with Crippen LogP contribution >= 0.6 is 31.9 Å². The van der Waals surface area contributed by atoms with Crippen molar-refractivity contribution in [3.8, 4) is 0 Å². The predicted octanol–water partition coefficient (Wildman–Crippen LogP) is 3.18. The number of carboxylic acids is 1. The second-order valence-corrected chi connectivity index (χ2v) is 3.74. The van der Waals surface area contributed by atoms with E-state index in [9.17, 15) is 9.18 Å². The average molecular weight is 312 g/mol. The lowest BCUT2D eigenvalue weighted by Gasteiger charge is -2.04. The van der Waals surface area contributed by atoms with Gasteiger partial charge in [0.05, 0.1) is 5.56 Å². The number of aromatic carboxylic acids is 1. The van der Waals surface area contributed by atoms with E-state index in [-0.39, 0.29) is 10.9 Å². The van der Waals surface area contributed by atoms with Gasteiger partial charge in [-0.1, -0.05) is 31.9 Å². The quantitative estimate of drug-likeness (QED) is 0.852. The molecule has 13 heavy (non-hydrogen) atoms. The minimum Gasteiger partial charge on any atom is -0.478 e. The van der Waals surface area contributed by atoms with E-state index in [2.05, 4.69) is 31.9 Å². The summed E-state index contributed by atoms with van der Waals surface area (Å²) in [7, 11) is 0. The Balaban J connectivity index is 3.35. The summed E-state index contributed by atoms with van der Waals surface area (Å²) < 4.78 is 13.9. The molecule has 0 aliphatic rings. The molecule has 0 radical (unpaired) electrons. The van der Waals surface area contributed by atoms with Crippen molar-refractivity contribution in [2.75, 3.05) is 0 Å². The molecule has 0 heterocycles. The summed E-state index contributed by atoms with van der Waals surface area (Å²) in [5.41, 5.74) is 0.0116. The molecule has 1 aromatic rings. The van der Waals surface area contributed by atoms with E-state index >= 15 is 0 Å². The van der Waals surface area contributed by atoms with Crippen LogP contribution in [0.4, 0.5) is 4.39 Å². The van der Waals surface area contributed by atoms with Gasteiger partial charge in [-0.3, -0.25) is 0 Å². The van der Waals surface area contributed by atoms with Gasteiger partial charge in [0, 0.05) is 15.4 Å². The van der Waals surface area contributed by atoms with Gasteiger partial charge in [-0.25, -0.2) is 9.18 Å². The Kier molecular flexibility index (Phi) is 3.44.